The standard InChI is InChI=1S/C25H19BrN2O4/c1-31-19-12-6-16(7-13-19)23-14-21(20-4-2-3-5-22(20)28-23)25(30)32-15-24(29)27-18-10-8-17(26)9-11-18/h2-14H,15H2,1H3,(H,27,29). The zero-order chi connectivity index (χ0) is 22.5. The highest BCUT2D eigenvalue weighted by atomic mass is 79.9. The molecule has 160 valence electrons. The van der Waals surface area contributed by atoms with Crippen molar-refractivity contribution in [3.8, 4) is 17.0 Å². The van der Waals surface area contributed by atoms with Crippen LogP contribution in [-0.4, -0.2) is 30.6 Å². The molecule has 1 N–H and O–H groups in total. The molecule has 3 aromatic carbocycles. The number of halogens is 1. The molecule has 1 amide bonds. The minimum absolute atomic E-state index is 0.345. The number of pyridine rings is 1. The fourth-order valence-electron chi connectivity index (χ4n) is 3.19. The number of esters is 1. The number of methoxy groups -OCH3 is 1. The molecule has 0 aliphatic carbocycles. The zero-order valence-corrected chi connectivity index (χ0v) is 18.8. The lowest BCUT2D eigenvalue weighted by atomic mass is 10.0. The Morgan fingerprint density at radius 3 is 2.41 bits per heavy atom. The fourth-order valence-corrected chi connectivity index (χ4v) is 3.46. The van der Waals surface area contributed by atoms with Crippen molar-refractivity contribution in [1.82, 2.24) is 4.98 Å². The molecule has 7 heteroatoms. The number of nitrogens with zero attached hydrogens (tertiary/aromatic N) is 1. The Balaban J connectivity index is 1.55. The topological polar surface area (TPSA) is 77.5 Å². The third kappa shape index (κ3) is 4.95. The first-order chi connectivity index (χ1) is 15.5. The Hall–Kier alpha value is -3.71. The number of fused-ring (bicyclic) bond motifs is 1. The van der Waals surface area contributed by atoms with Crippen LogP contribution in [0, 0.1) is 0 Å². The van der Waals surface area contributed by atoms with Crippen molar-refractivity contribution in [2.75, 3.05) is 19.0 Å². The summed E-state index contributed by atoms with van der Waals surface area (Å²) in [5.74, 6) is -0.287. The van der Waals surface area contributed by atoms with Gasteiger partial charge in [0.2, 0.25) is 0 Å². The second-order valence-corrected chi connectivity index (χ2v) is 7.85. The number of benzene rings is 3. The van der Waals surface area contributed by atoms with E-state index < -0.39 is 18.5 Å². The van der Waals surface area contributed by atoms with E-state index in [-0.39, 0.29) is 0 Å². The van der Waals surface area contributed by atoms with E-state index in [0.29, 0.717) is 27.8 Å². The lowest BCUT2D eigenvalue weighted by Gasteiger charge is -2.11. The van der Waals surface area contributed by atoms with E-state index in [0.717, 1.165) is 15.8 Å². The number of hydrogen-bond acceptors (Lipinski definition) is 5. The van der Waals surface area contributed by atoms with Crippen LogP contribution in [0.15, 0.2) is 83.3 Å². The number of ether oxygens (including phenoxy) is 2. The molecule has 0 fully saturated rings. The van der Waals surface area contributed by atoms with Gasteiger partial charge in [-0.1, -0.05) is 34.1 Å². The quantitative estimate of drug-likeness (QED) is 0.362. The maximum atomic E-state index is 12.9. The summed E-state index contributed by atoms with van der Waals surface area (Å²) in [6, 6.07) is 23.5. The van der Waals surface area contributed by atoms with Crippen LogP contribution in [0.2, 0.25) is 0 Å². The van der Waals surface area contributed by atoms with Gasteiger partial charge in [0.05, 0.1) is 23.9 Å². The molecular formula is C25H19BrN2O4. The highest BCUT2D eigenvalue weighted by molar-refractivity contribution is 9.10. The molecule has 0 aliphatic heterocycles. The Morgan fingerprint density at radius 2 is 1.69 bits per heavy atom. The van der Waals surface area contributed by atoms with Gasteiger partial charge in [0.1, 0.15) is 5.75 Å². The first-order valence-electron chi connectivity index (χ1n) is 9.80. The van der Waals surface area contributed by atoms with E-state index in [4.69, 9.17) is 9.47 Å². The molecule has 0 bridgehead atoms. The number of nitrogens with one attached hydrogen (secondary N) is 1. The maximum Gasteiger partial charge on any atom is 0.339 e. The smallest absolute Gasteiger partial charge is 0.339 e. The van der Waals surface area contributed by atoms with Crippen LogP contribution in [0.4, 0.5) is 5.69 Å². The molecule has 0 radical (unpaired) electrons. The highest BCUT2D eigenvalue weighted by Gasteiger charge is 2.17. The van der Waals surface area contributed by atoms with Gasteiger partial charge in [0, 0.05) is 21.1 Å². The Bertz CT molecular complexity index is 1270. The van der Waals surface area contributed by atoms with E-state index in [1.165, 1.54) is 0 Å². The lowest BCUT2D eigenvalue weighted by molar-refractivity contribution is -0.119. The van der Waals surface area contributed by atoms with E-state index in [1.54, 1.807) is 31.4 Å². The maximum absolute atomic E-state index is 12.9. The molecule has 0 atom stereocenters. The van der Waals surface area contributed by atoms with Crippen molar-refractivity contribution in [2.45, 2.75) is 0 Å². The first-order valence-corrected chi connectivity index (χ1v) is 10.6. The molecule has 32 heavy (non-hydrogen) atoms. The molecule has 1 aromatic heterocycles. The third-order valence-electron chi connectivity index (χ3n) is 4.78. The number of para-hydroxylation sites is 1. The third-order valence-corrected chi connectivity index (χ3v) is 5.31. The molecular weight excluding hydrogens is 472 g/mol. The van der Waals surface area contributed by atoms with Crippen LogP contribution in [0.1, 0.15) is 10.4 Å². The highest BCUT2D eigenvalue weighted by Crippen LogP contribution is 2.27. The largest absolute Gasteiger partial charge is 0.497 e. The molecule has 4 aromatic rings. The van der Waals surface area contributed by atoms with Crippen molar-refractivity contribution in [2.24, 2.45) is 0 Å². The molecule has 6 nitrogen and oxygen atoms in total. The summed E-state index contributed by atoms with van der Waals surface area (Å²) in [7, 11) is 1.60. The Kier molecular flexibility index (Phi) is 6.47. The molecule has 0 aliphatic rings. The van der Waals surface area contributed by atoms with Gasteiger partial charge >= 0.3 is 5.97 Å². The SMILES string of the molecule is COc1ccc(-c2cc(C(=O)OCC(=O)Nc3ccc(Br)cc3)c3ccccc3n2)cc1. The molecule has 0 unspecified atom stereocenters. The van der Waals surface area contributed by atoms with Crippen LogP contribution < -0.4 is 10.1 Å². The number of anilines is 1. The van der Waals surface area contributed by atoms with Gasteiger partial charge in [-0.15, -0.1) is 0 Å². The summed E-state index contributed by atoms with van der Waals surface area (Å²) in [5, 5.41) is 3.36. The van der Waals surface area contributed by atoms with E-state index >= 15 is 0 Å². The van der Waals surface area contributed by atoms with E-state index in [9.17, 15) is 9.59 Å². The molecule has 0 saturated heterocycles. The van der Waals surface area contributed by atoms with Crippen LogP contribution in [0.25, 0.3) is 22.2 Å². The average Bonchev–Trinajstić information content (AvgIpc) is 2.83. The number of rotatable bonds is 6. The van der Waals surface area contributed by atoms with Gasteiger partial charge in [0.15, 0.2) is 6.61 Å². The normalized spacial score (nSPS) is 10.6. The van der Waals surface area contributed by atoms with Gasteiger partial charge in [-0.25, -0.2) is 9.78 Å². The average molecular weight is 491 g/mol. The van der Waals surface area contributed by atoms with E-state index in [1.807, 2.05) is 54.6 Å². The predicted molar refractivity (Wildman–Crippen MR) is 127 cm³/mol. The van der Waals surface area contributed by atoms with Crippen molar-refractivity contribution < 1.29 is 19.1 Å². The van der Waals surface area contributed by atoms with Crippen molar-refractivity contribution >= 4 is 44.4 Å². The minimum Gasteiger partial charge on any atom is -0.497 e. The number of carbonyl (C=O) groups is 2. The minimum atomic E-state index is -0.593. The van der Waals surface area contributed by atoms with Crippen LogP contribution in [0.5, 0.6) is 5.75 Å². The van der Waals surface area contributed by atoms with Crippen LogP contribution in [-0.2, 0) is 9.53 Å². The van der Waals surface area contributed by atoms with Crippen LogP contribution in [0.3, 0.4) is 0 Å². The number of aromatic nitrogens is 1. The first kappa shape index (κ1) is 21.5. The Morgan fingerprint density at radius 1 is 0.969 bits per heavy atom. The van der Waals surface area contributed by atoms with Gasteiger partial charge in [-0.2, -0.15) is 0 Å². The van der Waals surface area contributed by atoms with Gasteiger partial charge < -0.3 is 14.8 Å². The number of amides is 1. The lowest BCUT2D eigenvalue weighted by Crippen LogP contribution is -2.21. The Labute approximate surface area is 193 Å². The monoisotopic (exact) mass is 490 g/mol. The second kappa shape index (κ2) is 9.62. The van der Waals surface area contributed by atoms with Crippen molar-refractivity contribution in [1.29, 1.82) is 0 Å². The molecule has 4 rings (SSSR count). The van der Waals surface area contributed by atoms with E-state index in [2.05, 4.69) is 26.2 Å². The summed E-state index contributed by atoms with van der Waals surface area (Å²) in [6.45, 7) is -0.399. The zero-order valence-electron chi connectivity index (χ0n) is 17.2. The fraction of sp³-hybridized carbons (Fsp3) is 0.0800. The summed E-state index contributed by atoms with van der Waals surface area (Å²) in [6.07, 6.45) is 0. The van der Waals surface area contributed by atoms with Crippen molar-refractivity contribution in [3.05, 3.63) is 88.9 Å². The summed E-state index contributed by atoms with van der Waals surface area (Å²) in [4.78, 5) is 29.8. The molecule has 0 spiro atoms. The molecule has 1 heterocycles. The van der Waals surface area contributed by atoms with Gasteiger partial charge in [-0.3, -0.25) is 4.79 Å². The van der Waals surface area contributed by atoms with Gasteiger partial charge in [-0.05, 0) is 60.7 Å². The molecule has 0 saturated carbocycles. The summed E-state index contributed by atoms with van der Waals surface area (Å²) >= 11 is 3.34. The summed E-state index contributed by atoms with van der Waals surface area (Å²) in [5.41, 5.74) is 3.08. The van der Waals surface area contributed by atoms with Gasteiger partial charge in [0.25, 0.3) is 5.91 Å². The predicted octanol–water partition coefficient (Wildman–Crippen LogP) is 5.47. The number of hydrogen-bond donors (Lipinski definition) is 1. The second-order valence-electron chi connectivity index (χ2n) is 6.93. The number of carbonyl (C=O) groups excluding carboxylic acids is 2. The van der Waals surface area contributed by atoms with Crippen LogP contribution >= 0.6 is 15.9 Å². The van der Waals surface area contributed by atoms with Crippen molar-refractivity contribution in [3.63, 3.8) is 0 Å². The summed E-state index contributed by atoms with van der Waals surface area (Å²) < 4.78 is 11.4.